The van der Waals surface area contributed by atoms with Crippen molar-refractivity contribution >= 4 is 51.6 Å². The van der Waals surface area contributed by atoms with E-state index in [4.69, 9.17) is 0 Å². The van der Waals surface area contributed by atoms with Gasteiger partial charge in [-0.05, 0) is 144 Å². The number of benzene rings is 5. The Kier molecular flexibility index (Phi) is 11.4. The third-order valence-corrected chi connectivity index (χ3v) is 10.7. The molecule has 0 spiro atoms. The van der Waals surface area contributed by atoms with Crippen LogP contribution in [-0.2, 0) is 35.3 Å². The molecule has 55 heavy (non-hydrogen) atoms. The molecule has 0 radical (unpaired) electrons. The van der Waals surface area contributed by atoms with E-state index in [9.17, 15) is 14.7 Å². The zero-order valence-corrected chi connectivity index (χ0v) is 31.9. The van der Waals surface area contributed by atoms with Crippen LogP contribution in [-0.4, -0.2) is 42.8 Å². The van der Waals surface area contributed by atoms with E-state index in [0.717, 1.165) is 68.3 Å². The van der Waals surface area contributed by atoms with Gasteiger partial charge >= 0.3 is 5.97 Å². The molecule has 0 aliphatic carbocycles. The Balaban J connectivity index is 1.33. The number of anilines is 5. The second kappa shape index (κ2) is 16.9. The lowest BCUT2D eigenvalue weighted by Gasteiger charge is -2.33. The molecule has 0 aromatic heterocycles. The van der Waals surface area contributed by atoms with Gasteiger partial charge in [0.25, 0.3) is 5.91 Å². The van der Waals surface area contributed by atoms with E-state index < -0.39 is 11.9 Å². The van der Waals surface area contributed by atoms with Gasteiger partial charge in [0, 0.05) is 48.6 Å². The molecule has 0 unspecified atom stereocenters. The molecule has 0 atom stereocenters. The molecule has 5 aromatic rings. The van der Waals surface area contributed by atoms with Crippen LogP contribution in [0.3, 0.4) is 0 Å². The van der Waals surface area contributed by atoms with Crippen molar-refractivity contribution in [3.63, 3.8) is 0 Å². The number of carbonyl (C=O) groups is 2. The SMILES string of the molecule is CCc1ccc(N2CCCc3cc(C(=C/C=C(\C(=O)Nc4ccccc4)C(=NC)C(=O)O)c4ccc5c(c4)CCCN5c4ccc(CC)cc4)ccc32)cc1. The minimum Gasteiger partial charge on any atom is -0.477 e. The molecule has 5 aromatic carbocycles. The third-order valence-electron chi connectivity index (χ3n) is 10.7. The van der Waals surface area contributed by atoms with Gasteiger partial charge in [-0.15, -0.1) is 0 Å². The van der Waals surface area contributed by atoms with E-state index in [2.05, 4.69) is 119 Å². The largest absolute Gasteiger partial charge is 0.477 e. The molecule has 0 bridgehead atoms. The summed E-state index contributed by atoms with van der Waals surface area (Å²) in [6, 6.07) is 39.9. The number of hydrogen-bond donors (Lipinski definition) is 2. The highest BCUT2D eigenvalue weighted by molar-refractivity contribution is 6.50. The molecule has 1 amide bonds. The number of rotatable bonds is 11. The first-order valence-corrected chi connectivity index (χ1v) is 19.3. The maximum atomic E-state index is 13.7. The number of aliphatic carboxylic acids is 1. The highest BCUT2D eigenvalue weighted by Crippen LogP contribution is 2.39. The summed E-state index contributed by atoms with van der Waals surface area (Å²) in [5, 5.41) is 13.0. The Morgan fingerprint density at radius 1 is 0.691 bits per heavy atom. The van der Waals surface area contributed by atoms with Crippen molar-refractivity contribution in [2.24, 2.45) is 4.99 Å². The molecule has 0 saturated heterocycles. The molecule has 7 nitrogen and oxygen atoms in total. The number of carboxylic acid groups (broad SMARTS) is 1. The predicted octanol–water partition coefficient (Wildman–Crippen LogP) is 10.1. The van der Waals surface area contributed by atoms with Crippen molar-refractivity contribution in [1.29, 1.82) is 0 Å². The normalized spacial score (nSPS) is 14.2. The topological polar surface area (TPSA) is 85.2 Å². The summed E-state index contributed by atoms with van der Waals surface area (Å²) < 4.78 is 0. The molecule has 7 heteroatoms. The number of nitrogens with zero attached hydrogens (tertiary/aromatic N) is 3. The van der Waals surface area contributed by atoms with Gasteiger partial charge in [-0.3, -0.25) is 9.79 Å². The van der Waals surface area contributed by atoms with Crippen molar-refractivity contribution in [2.75, 3.05) is 35.3 Å². The maximum absolute atomic E-state index is 13.7. The number of carboxylic acids is 1. The van der Waals surface area contributed by atoms with Gasteiger partial charge in [0.05, 0.1) is 5.57 Å². The molecular formula is C48H48N4O3. The van der Waals surface area contributed by atoms with E-state index >= 15 is 0 Å². The molecule has 278 valence electrons. The van der Waals surface area contributed by atoms with Gasteiger partial charge in [0.15, 0.2) is 5.71 Å². The molecular weight excluding hydrogens is 681 g/mol. The van der Waals surface area contributed by atoms with E-state index in [1.807, 2.05) is 24.3 Å². The molecule has 2 aliphatic heterocycles. The Bertz CT molecular complexity index is 2160. The van der Waals surface area contributed by atoms with E-state index in [1.54, 1.807) is 18.2 Å². The van der Waals surface area contributed by atoms with Crippen molar-refractivity contribution in [2.45, 2.75) is 52.4 Å². The molecule has 0 fully saturated rings. The Morgan fingerprint density at radius 3 is 1.65 bits per heavy atom. The number of fused-ring (bicyclic) bond motifs is 2. The molecule has 0 saturated carbocycles. The highest BCUT2D eigenvalue weighted by Gasteiger charge is 2.24. The van der Waals surface area contributed by atoms with Crippen LogP contribution in [0, 0.1) is 0 Å². The van der Waals surface area contributed by atoms with Crippen LogP contribution in [0.5, 0.6) is 0 Å². The van der Waals surface area contributed by atoms with E-state index in [-0.39, 0.29) is 11.3 Å². The fourth-order valence-electron chi connectivity index (χ4n) is 7.73. The van der Waals surface area contributed by atoms with Gasteiger partial charge in [-0.25, -0.2) is 4.79 Å². The van der Waals surface area contributed by atoms with E-state index in [0.29, 0.717) is 5.69 Å². The van der Waals surface area contributed by atoms with Crippen molar-refractivity contribution in [3.8, 4) is 0 Å². The fourth-order valence-corrected chi connectivity index (χ4v) is 7.73. The lowest BCUT2D eigenvalue weighted by atomic mass is 9.89. The number of para-hydroxylation sites is 1. The summed E-state index contributed by atoms with van der Waals surface area (Å²) in [6.45, 7) is 6.24. The van der Waals surface area contributed by atoms with Gasteiger partial charge in [0.2, 0.25) is 0 Å². The Labute approximate surface area is 324 Å². The van der Waals surface area contributed by atoms with Crippen LogP contribution in [0.1, 0.15) is 60.1 Å². The summed E-state index contributed by atoms with van der Waals surface area (Å²) in [7, 11) is 1.40. The number of allylic oxidation sites excluding steroid dienone is 2. The Hall–Kier alpha value is -6.21. The van der Waals surface area contributed by atoms with Crippen molar-refractivity contribution in [1.82, 2.24) is 0 Å². The van der Waals surface area contributed by atoms with Crippen LogP contribution >= 0.6 is 0 Å². The fraction of sp³-hybridized carbons (Fsp3) is 0.229. The zero-order chi connectivity index (χ0) is 38.3. The summed E-state index contributed by atoms with van der Waals surface area (Å²) in [6.07, 6.45) is 9.44. The quantitative estimate of drug-likeness (QED) is 0.0804. The standard InChI is InChI=1S/C48H48N4O3/c1-4-33-15-21-40(22-16-33)51-29-9-11-37-31-35(19-27-44(37)51)42(25-26-43(46(49-3)48(54)55)47(53)50-39-13-7-6-8-14-39)36-20-28-45-38(32-36)12-10-30-52(45)41-23-17-34(5-2)18-24-41/h6-8,13-28,31-32H,4-5,9-12,29-30H2,1-3H3,(H,50,53)(H,54,55)/b43-26-,49-46?. The number of aliphatic imine (C=N–C) groups is 1. The molecule has 2 heterocycles. The second-order valence-electron chi connectivity index (χ2n) is 14.1. The number of amides is 1. The van der Waals surface area contributed by atoms with Crippen molar-refractivity contribution < 1.29 is 14.7 Å². The van der Waals surface area contributed by atoms with Gasteiger partial charge in [0.1, 0.15) is 0 Å². The van der Waals surface area contributed by atoms with Gasteiger partial charge in [-0.2, -0.15) is 0 Å². The predicted molar refractivity (Wildman–Crippen MR) is 226 cm³/mol. The summed E-state index contributed by atoms with van der Waals surface area (Å²) in [5.74, 6) is -1.82. The summed E-state index contributed by atoms with van der Waals surface area (Å²) in [5.41, 5.74) is 13.0. The number of aryl methyl sites for hydroxylation is 4. The Morgan fingerprint density at radius 2 is 1.20 bits per heavy atom. The molecule has 7 rings (SSSR count). The second-order valence-corrected chi connectivity index (χ2v) is 14.1. The van der Waals surface area contributed by atoms with E-state index in [1.165, 1.54) is 52.1 Å². The lowest BCUT2D eigenvalue weighted by molar-refractivity contribution is -0.129. The van der Waals surface area contributed by atoms with Crippen LogP contribution < -0.4 is 15.1 Å². The molecule has 2 aliphatic rings. The number of hydrogen-bond acceptors (Lipinski definition) is 5. The van der Waals surface area contributed by atoms with Crippen LogP contribution in [0.2, 0.25) is 0 Å². The minimum absolute atomic E-state index is 0.0318. The monoisotopic (exact) mass is 728 g/mol. The van der Waals surface area contributed by atoms with Crippen LogP contribution in [0.15, 0.2) is 138 Å². The first kappa shape index (κ1) is 37.1. The average molecular weight is 729 g/mol. The van der Waals surface area contributed by atoms with Crippen molar-refractivity contribution in [3.05, 3.63) is 166 Å². The highest BCUT2D eigenvalue weighted by atomic mass is 16.4. The number of carbonyl (C=O) groups excluding carboxylic acids is 1. The van der Waals surface area contributed by atoms with Crippen LogP contribution in [0.25, 0.3) is 5.57 Å². The number of nitrogens with one attached hydrogen (secondary N) is 1. The summed E-state index contributed by atoms with van der Waals surface area (Å²) in [4.78, 5) is 35.0. The summed E-state index contributed by atoms with van der Waals surface area (Å²) >= 11 is 0. The lowest BCUT2D eigenvalue weighted by Crippen LogP contribution is -2.26. The van der Waals surface area contributed by atoms with Crippen LogP contribution in [0.4, 0.5) is 28.4 Å². The molecule has 2 N–H and O–H groups in total. The first-order valence-electron chi connectivity index (χ1n) is 19.3. The third kappa shape index (κ3) is 8.16. The smallest absolute Gasteiger partial charge is 0.354 e. The zero-order valence-electron chi connectivity index (χ0n) is 31.9. The van der Waals surface area contributed by atoms with Gasteiger partial charge < -0.3 is 20.2 Å². The minimum atomic E-state index is -1.27. The maximum Gasteiger partial charge on any atom is 0.354 e. The first-order chi connectivity index (χ1) is 26.9. The average Bonchev–Trinajstić information content (AvgIpc) is 3.23. The van der Waals surface area contributed by atoms with Gasteiger partial charge in [-0.1, -0.05) is 74.5 Å².